The van der Waals surface area contributed by atoms with Crippen LogP contribution in [0.15, 0.2) is 66.9 Å². The highest BCUT2D eigenvalue weighted by molar-refractivity contribution is 6.08. The van der Waals surface area contributed by atoms with E-state index in [0.29, 0.717) is 17.1 Å². The van der Waals surface area contributed by atoms with Gasteiger partial charge in [0.2, 0.25) is 0 Å². The molecule has 0 spiro atoms. The van der Waals surface area contributed by atoms with Crippen molar-refractivity contribution in [1.29, 1.82) is 0 Å². The Morgan fingerprint density at radius 3 is 2.40 bits per heavy atom. The molecule has 3 rings (SSSR count). The molecule has 154 valence electrons. The predicted molar refractivity (Wildman–Crippen MR) is 112 cm³/mol. The third kappa shape index (κ3) is 5.11. The van der Waals surface area contributed by atoms with Gasteiger partial charge < -0.3 is 15.4 Å². The van der Waals surface area contributed by atoms with Crippen molar-refractivity contribution < 1.29 is 19.1 Å². The first-order valence-corrected chi connectivity index (χ1v) is 9.41. The molecule has 0 fully saturated rings. The van der Waals surface area contributed by atoms with Crippen LogP contribution in [-0.2, 0) is 9.53 Å². The van der Waals surface area contributed by atoms with Crippen molar-refractivity contribution in [3.8, 4) is 0 Å². The van der Waals surface area contributed by atoms with Crippen molar-refractivity contribution in [3.05, 3.63) is 78.0 Å². The van der Waals surface area contributed by atoms with E-state index in [-0.39, 0.29) is 17.5 Å². The maximum atomic E-state index is 12.5. The van der Waals surface area contributed by atoms with Crippen molar-refractivity contribution in [2.24, 2.45) is 0 Å². The van der Waals surface area contributed by atoms with Gasteiger partial charge in [-0.05, 0) is 38.1 Å². The standard InChI is InChI=1S/C22H22N4O4/c1-15(2)26-19(12-13-23-26)25-20(27)14-30-22(29)17-10-6-7-11-18(17)24-21(28)16-8-4-3-5-9-16/h3-13,15H,14H2,1-2H3,(H,24,28)(H,25,27). The summed E-state index contributed by atoms with van der Waals surface area (Å²) < 4.78 is 6.78. The number of amides is 2. The Balaban J connectivity index is 1.62. The highest BCUT2D eigenvalue weighted by Crippen LogP contribution is 2.18. The van der Waals surface area contributed by atoms with Crippen LogP contribution in [-0.4, -0.2) is 34.2 Å². The maximum absolute atomic E-state index is 12.5. The van der Waals surface area contributed by atoms with Crippen LogP contribution in [0.5, 0.6) is 0 Å². The summed E-state index contributed by atoms with van der Waals surface area (Å²) in [5.41, 5.74) is 0.915. The Bertz CT molecular complexity index is 1040. The Morgan fingerprint density at radius 1 is 0.967 bits per heavy atom. The summed E-state index contributed by atoms with van der Waals surface area (Å²) in [7, 11) is 0. The summed E-state index contributed by atoms with van der Waals surface area (Å²) in [6.07, 6.45) is 1.58. The molecule has 0 bridgehead atoms. The highest BCUT2D eigenvalue weighted by Gasteiger charge is 2.17. The van der Waals surface area contributed by atoms with Gasteiger partial charge in [-0.25, -0.2) is 9.48 Å². The van der Waals surface area contributed by atoms with Crippen LogP contribution < -0.4 is 10.6 Å². The molecule has 1 heterocycles. The van der Waals surface area contributed by atoms with Crippen LogP contribution in [0.25, 0.3) is 0 Å². The Hall–Kier alpha value is -3.94. The molecule has 8 heteroatoms. The number of anilines is 2. The molecule has 2 amide bonds. The van der Waals surface area contributed by atoms with Crippen molar-refractivity contribution in [2.75, 3.05) is 17.2 Å². The maximum Gasteiger partial charge on any atom is 0.340 e. The van der Waals surface area contributed by atoms with Crippen molar-refractivity contribution in [1.82, 2.24) is 9.78 Å². The number of para-hydroxylation sites is 1. The topological polar surface area (TPSA) is 102 Å². The molecule has 1 aromatic heterocycles. The number of nitrogens with one attached hydrogen (secondary N) is 2. The molecule has 0 radical (unpaired) electrons. The summed E-state index contributed by atoms with van der Waals surface area (Å²) in [5, 5.41) is 9.49. The van der Waals surface area contributed by atoms with E-state index in [2.05, 4.69) is 15.7 Å². The van der Waals surface area contributed by atoms with Gasteiger partial charge in [-0.3, -0.25) is 9.59 Å². The lowest BCUT2D eigenvalue weighted by Crippen LogP contribution is -2.23. The number of aromatic nitrogens is 2. The second-order valence-corrected chi connectivity index (χ2v) is 6.74. The number of nitrogens with zero attached hydrogens (tertiary/aromatic N) is 2. The van der Waals surface area contributed by atoms with E-state index in [1.54, 1.807) is 65.5 Å². The second-order valence-electron chi connectivity index (χ2n) is 6.74. The average molecular weight is 406 g/mol. The third-order valence-electron chi connectivity index (χ3n) is 4.19. The quantitative estimate of drug-likeness (QED) is 0.585. The number of hydrogen-bond donors (Lipinski definition) is 2. The fourth-order valence-corrected chi connectivity index (χ4v) is 2.77. The van der Waals surface area contributed by atoms with E-state index in [1.165, 1.54) is 6.07 Å². The van der Waals surface area contributed by atoms with E-state index in [9.17, 15) is 14.4 Å². The van der Waals surface area contributed by atoms with Crippen LogP contribution in [0.3, 0.4) is 0 Å². The SMILES string of the molecule is CC(C)n1nccc1NC(=O)COC(=O)c1ccccc1NC(=O)c1ccccc1. The smallest absolute Gasteiger partial charge is 0.340 e. The van der Waals surface area contributed by atoms with Crippen LogP contribution in [0.4, 0.5) is 11.5 Å². The summed E-state index contributed by atoms with van der Waals surface area (Å²) in [4.78, 5) is 37.0. The number of rotatable bonds is 7. The zero-order valence-electron chi connectivity index (χ0n) is 16.7. The zero-order chi connectivity index (χ0) is 21.5. The number of hydrogen-bond acceptors (Lipinski definition) is 5. The lowest BCUT2D eigenvalue weighted by molar-refractivity contribution is -0.119. The van der Waals surface area contributed by atoms with Gasteiger partial charge >= 0.3 is 5.97 Å². The van der Waals surface area contributed by atoms with Gasteiger partial charge in [0.05, 0.1) is 17.4 Å². The second kappa shape index (κ2) is 9.51. The van der Waals surface area contributed by atoms with Gasteiger partial charge in [0, 0.05) is 17.7 Å². The van der Waals surface area contributed by atoms with Crippen molar-refractivity contribution in [2.45, 2.75) is 19.9 Å². The molecule has 2 N–H and O–H groups in total. The summed E-state index contributed by atoms with van der Waals surface area (Å²) >= 11 is 0. The number of benzene rings is 2. The number of carbonyl (C=O) groups is 3. The van der Waals surface area contributed by atoms with Crippen LogP contribution in [0.2, 0.25) is 0 Å². The van der Waals surface area contributed by atoms with Gasteiger partial charge in [0.15, 0.2) is 6.61 Å². The molecule has 0 saturated heterocycles. The number of carbonyl (C=O) groups excluding carboxylic acids is 3. The molecule has 0 aliphatic carbocycles. The molecule has 2 aromatic carbocycles. The molecule has 0 saturated carbocycles. The minimum absolute atomic E-state index is 0.0675. The normalized spacial score (nSPS) is 10.5. The first kappa shape index (κ1) is 20.8. The summed E-state index contributed by atoms with van der Waals surface area (Å²) in [6.45, 7) is 3.40. The fraction of sp³-hybridized carbons (Fsp3) is 0.182. The lowest BCUT2D eigenvalue weighted by atomic mass is 10.1. The zero-order valence-corrected chi connectivity index (χ0v) is 16.7. The summed E-state index contributed by atoms with van der Waals surface area (Å²) in [5.74, 6) is -1.04. The molecule has 0 aliphatic rings. The Kier molecular flexibility index (Phi) is 6.59. The Morgan fingerprint density at radius 2 is 1.67 bits per heavy atom. The molecular weight excluding hydrogens is 384 g/mol. The first-order valence-electron chi connectivity index (χ1n) is 9.41. The predicted octanol–water partition coefficient (Wildman–Crippen LogP) is 3.51. The van der Waals surface area contributed by atoms with Gasteiger partial charge in [0.25, 0.3) is 11.8 Å². The van der Waals surface area contributed by atoms with E-state index in [4.69, 9.17) is 4.74 Å². The Labute approximate surface area is 173 Å². The van der Waals surface area contributed by atoms with Crippen LogP contribution in [0, 0.1) is 0 Å². The summed E-state index contributed by atoms with van der Waals surface area (Å²) in [6, 6.07) is 16.8. The van der Waals surface area contributed by atoms with Crippen molar-refractivity contribution in [3.63, 3.8) is 0 Å². The highest BCUT2D eigenvalue weighted by atomic mass is 16.5. The molecule has 0 atom stereocenters. The average Bonchev–Trinajstić information content (AvgIpc) is 3.21. The van der Waals surface area contributed by atoms with E-state index in [1.807, 2.05) is 13.8 Å². The first-order chi connectivity index (χ1) is 14.5. The van der Waals surface area contributed by atoms with Gasteiger partial charge in [-0.1, -0.05) is 30.3 Å². The fourth-order valence-electron chi connectivity index (χ4n) is 2.77. The molecule has 3 aromatic rings. The van der Waals surface area contributed by atoms with Crippen LogP contribution in [0.1, 0.15) is 40.6 Å². The minimum atomic E-state index is -0.716. The monoisotopic (exact) mass is 406 g/mol. The molecule has 0 unspecified atom stereocenters. The van der Waals surface area contributed by atoms with E-state index < -0.39 is 18.5 Å². The molecule has 0 aliphatic heterocycles. The number of ether oxygens (including phenoxy) is 1. The molecular formula is C22H22N4O4. The minimum Gasteiger partial charge on any atom is -0.452 e. The largest absolute Gasteiger partial charge is 0.452 e. The number of esters is 1. The van der Waals surface area contributed by atoms with E-state index in [0.717, 1.165) is 0 Å². The van der Waals surface area contributed by atoms with Gasteiger partial charge in [-0.15, -0.1) is 0 Å². The van der Waals surface area contributed by atoms with Crippen molar-refractivity contribution >= 4 is 29.3 Å². The lowest BCUT2D eigenvalue weighted by Gasteiger charge is -2.13. The van der Waals surface area contributed by atoms with E-state index >= 15 is 0 Å². The van der Waals surface area contributed by atoms with Gasteiger partial charge in [0.1, 0.15) is 5.82 Å². The molecule has 30 heavy (non-hydrogen) atoms. The van der Waals surface area contributed by atoms with Crippen LogP contribution >= 0.6 is 0 Å². The molecule has 8 nitrogen and oxygen atoms in total. The van der Waals surface area contributed by atoms with Gasteiger partial charge in [-0.2, -0.15) is 5.10 Å². The third-order valence-corrected chi connectivity index (χ3v) is 4.19.